The number of nitrogens with zero attached hydrogens (tertiary/aromatic N) is 4. The van der Waals surface area contributed by atoms with Crippen LogP contribution in [0.4, 0.5) is 0 Å². The van der Waals surface area contributed by atoms with Crippen LogP contribution < -0.4 is 0 Å². The minimum Gasteiger partial charge on any atom is -0.298 e. The van der Waals surface area contributed by atoms with Crippen molar-refractivity contribution >= 4 is 10.9 Å². The molecule has 134 valence electrons. The molecule has 3 heterocycles. The molecule has 4 aromatic rings. The van der Waals surface area contributed by atoms with E-state index in [1.54, 1.807) is 6.20 Å². The molecule has 5 heteroatoms. The van der Waals surface area contributed by atoms with E-state index >= 15 is 0 Å². The average molecular weight is 355 g/mol. The summed E-state index contributed by atoms with van der Waals surface area (Å²) in [5.74, 6) is 0.365. The number of fused-ring (bicyclic) bond motifs is 2. The fraction of sp³-hybridized carbons (Fsp3) is 0.227. The van der Waals surface area contributed by atoms with Crippen LogP contribution in [0, 0.1) is 0 Å². The van der Waals surface area contributed by atoms with Gasteiger partial charge in [0, 0.05) is 36.2 Å². The minimum absolute atomic E-state index is 0.365. The minimum atomic E-state index is 0.365. The van der Waals surface area contributed by atoms with Gasteiger partial charge < -0.3 is 0 Å². The third-order valence-electron chi connectivity index (χ3n) is 5.54. The van der Waals surface area contributed by atoms with E-state index in [-0.39, 0.29) is 0 Å². The van der Waals surface area contributed by atoms with Gasteiger partial charge in [-0.25, -0.2) is 0 Å². The molecule has 2 aromatic heterocycles. The van der Waals surface area contributed by atoms with Gasteiger partial charge in [0.15, 0.2) is 0 Å². The Kier molecular flexibility index (Phi) is 3.94. The van der Waals surface area contributed by atoms with Crippen molar-refractivity contribution in [2.45, 2.75) is 19.4 Å². The highest BCUT2D eigenvalue weighted by atomic mass is 15.1. The molecule has 0 saturated heterocycles. The van der Waals surface area contributed by atoms with E-state index in [9.17, 15) is 0 Å². The average Bonchev–Trinajstić information content (AvgIpc) is 3.21. The molecule has 0 saturated carbocycles. The van der Waals surface area contributed by atoms with Crippen LogP contribution in [0.1, 0.15) is 29.5 Å². The first kappa shape index (κ1) is 16.1. The summed E-state index contributed by atoms with van der Waals surface area (Å²) < 4.78 is 0. The molecule has 0 amide bonds. The monoisotopic (exact) mass is 355 g/mol. The molecule has 27 heavy (non-hydrogen) atoms. The number of aromatic nitrogens is 4. The van der Waals surface area contributed by atoms with Gasteiger partial charge in [-0.2, -0.15) is 15.3 Å². The molecule has 0 bridgehead atoms. The smallest absolute Gasteiger partial charge is 0.0929 e. The van der Waals surface area contributed by atoms with Crippen molar-refractivity contribution in [1.82, 2.24) is 25.3 Å². The lowest BCUT2D eigenvalue weighted by molar-refractivity contribution is 0.253. The summed E-state index contributed by atoms with van der Waals surface area (Å²) in [5, 5.41) is 16.7. The molecule has 0 spiro atoms. The van der Waals surface area contributed by atoms with Crippen LogP contribution in [0.2, 0.25) is 0 Å². The highest BCUT2D eigenvalue weighted by Gasteiger charge is 2.26. The molecule has 1 aliphatic heterocycles. The first-order chi connectivity index (χ1) is 13.3. The number of aromatic amines is 1. The predicted octanol–water partition coefficient (Wildman–Crippen LogP) is 3.99. The third kappa shape index (κ3) is 2.90. The number of nitrogens with one attached hydrogen (secondary N) is 1. The maximum atomic E-state index is 4.27. The third-order valence-corrected chi connectivity index (χ3v) is 5.54. The van der Waals surface area contributed by atoms with Crippen molar-refractivity contribution in [2.24, 2.45) is 0 Å². The Bertz CT molecular complexity index is 1090. The molecule has 0 fully saturated rings. The van der Waals surface area contributed by atoms with Gasteiger partial charge in [-0.15, -0.1) is 0 Å². The van der Waals surface area contributed by atoms with E-state index in [4.69, 9.17) is 0 Å². The van der Waals surface area contributed by atoms with Gasteiger partial charge >= 0.3 is 0 Å². The number of likely N-dealkylation sites (N-methyl/N-ethyl adjacent to an activating group) is 1. The second kappa shape index (κ2) is 6.59. The summed E-state index contributed by atoms with van der Waals surface area (Å²) in [6.45, 7) is 5.29. The molecular formula is C22H21N5. The van der Waals surface area contributed by atoms with E-state index in [1.807, 2.05) is 18.3 Å². The van der Waals surface area contributed by atoms with Gasteiger partial charge in [0.25, 0.3) is 0 Å². The highest BCUT2D eigenvalue weighted by molar-refractivity contribution is 5.79. The Balaban J connectivity index is 1.59. The molecule has 2 aromatic carbocycles. The Labute approximate surface area is 158 Å². The van der Waals surface area contributed by atoms with Gasteiger partial charge in [0.2, 0.25) is 0 Å². The number of hydrogen-bond donors (Lipinski definition) is 1. The van der Waals surface area contributed by atoms with Crippen molar-refractivity contribution < 1.29 is 0 Å². The zero-order valence-corrected chi connectivity index (χ0v) is 15.3. The Morgan fingerprint density at radius 2 is 2.11 bits per heavy atom. The van der Waals surface area contributed by atoms with Crippen LogP contribution in [0.3, 0.4) is 0 Å². The zero-order chi connectivity index (χ0) is 18.2. The van der Waals surface area contributed by atoms with Crippen LogP contribution in [-0.4, -0.2) is 38.4 Å². The van der Waals surface area contributed by atoms with Gasteiger partial charge in [0.1, 0.15) is 0 Å². The van der Waals surface area contributed by atoms with Crippen molar-refractivity contribution in [2.75, 3.05) is 13.1 Å². The summed E-state index contributed by atoms with van der Waals surface area (Å²) in [6, 6.07) is 17.3. The maximum absolute atomic E-state index is 4.27. The number of H-pyrrole nitrogens is 1. The van der Waals surface area contributed by atoms with Gasteiger partial charge in [-0.05, 0) is 53.6 Å². The largest absolute Gasteiger partial charge is 0.298 e. The lowest BCUT2D eigenvalue weighted by atomic mass is 9.83. The predicted molar refractivity (Wildman–Crippen MR) is 106 cm³/mol. The number of rotatable bonds is 3. The molecule has 5 nitrogen and oxygen atoms in total. The molecule has 1 unspecified atom stereocenters. The van der Waals surface area contributed by atoms with E-state index in [0.29, 0.717) is 5.92 Å². The molecule has 1 aliphatic rings. The molecule has 1 atom stereocenters. The van der Waals surface area contributed by atoms with Crippen LogP contribution in [0.15, 0.2) is 60.9 Å². The van der Waals surface area contributed by atoms with E-state index in [1.165, 1.54) is 22.1 Å². The Morgan fingerprint density at radius 3 is 2.96 bits per heavy atom. The van der Waals surface area contributed by atoms with Gasteiger partial charge in [0.05, 0.1) is 17.4 Å². The second-order valence-electron chi connectivity index (χ2n) is 7.12. The normalized spacial score (nSPS) is 17.1. The van der Waals surface area contributed by atoms with Crippen molar-refractivity contribution in [3.63, 3.8) is 0 Å². The standard InChI is InChI=1S/C22H21N5/c1-2-27-13-18-11-16(21-4-3-9-23-25-21)5-7-19(18)20(14-27)15-6-8-22-17(10-15)12-24-26-22/h3-12,20H,2,13-14H2,1H3,(H,24,26). The summed E-state index contributed by atoms with van der Waals surface area (Å²) >= 11 is 0. The van der Waals surface area contributed by atoms with Gasteiger partial charge in [-0.3, -0.25) is 10.00 Å². The first-order valence-electron chi connectivity index (χ1n) is 9.38. The lowest BCUT2D eigenvalue weighted by Gasteiger charge is -2.34. The maximum Gasteiger partial charge on any atom is 0.0929 e. The second-order valence-corrected chi connectivity index (χ2v) is 7.12. The Hall–Kier alpha value is -3.05. The summed E-state index contributed by atoms with van der Waals surface area (Å²) in [5.41, 5.74) is 7.27. The molecular weight excluding hydrogens is 334 g/mol. The van der Waals surface area contributed by atoms with Gasteiger partial charge in [-0.1, -0.05) is 25.1 Å². The first-order valence-corrected chi connectivity index (χ1v) is 9.38. The fourth-order valence-corrected chi connectivity index (χ4v) is 4.06. The quantitative estimate of drug-likeness (QED) is 0.604. The highest BCUT2D eigenvalue weighted by Crippen LogP contribution is 2.36. The van der Waals surface area contributed by atoms with E-state index in [2.05, 4.69) is 68.6 Å². The topological polar surface area (TPSA) is 57.7 Å². The molecule has 1 N–H and O–H groups in total. The SMILES string of the molecule is CCN1Cc2cc(-c3cccnn3)ccc2C(c2ccc3[nH]ncc3c2)C1. The van der Waals surface area contributed by atoms with Crippen LogP contribution in [0.25, 0.3) is 22.2 Å². The molecule has 0 aliphatic carbocycles. The van der Waals surface area contributed by atoms with Crippen LogP contribution in [0.5, 0.6) is 0 Å². The molecule has 5 rings (SSSR count). The fourth-order valence-electron chi connectivity index (χ4n) is 4.06. The van der Waals surface area contributed by atoms with E-state index in [0.717, 1.165) is 36.4 Å². The lowest BCUT2D eigenvalue weighted by Crippen LogP contribution is -2.33. The Morgan fingerprint density at radius 1 is 1.15 bits per heavy atom. The van der Waals surface area contributed by atoms with Crippen LogP contribution >= 0.6 is 0 Å². The summed E-state index contributed by atoms with van der Waals surface area (Å²) in [6.07, 6.45) is 3.61. The van der Waals surface area contributed by atoms with Crippen LogP contribution in [-0.2, 0) is 6.54 Å². The number of hydrogen-bond acceptors (Lipinski definition) is 4. The van der Waals surface area contributed by atoms with Crippen molar-refractivity contribution in [1.29, 1.82) is 0 Å². The number of benzene rings is 2. The van der Waals surface area contributed by atoms with Crippen molar-refractivity contribution in [3.8, 4) is 11.3 Å². The summed E-state index contributed by atoms with van der Waals surface area (Å²) in [4.78, 5) is 2.51. The van der Waals surface area contributed by atoms with Crippen molar-refractivity contribution in [3.05, 3.63) is 77.6 Å². The molecule has 0 radical (unpaired) electrons. The summed E-state index contributed by atoms with van der Waals surface area (Å²) in [7, 11) is 0. The van der Waals surface area contributed by atoms with E-state index < -0.39 is 0 Å². The zero-order valence-electron chi connectivity index (χ0n) is 15.3.